The summed E-state index contributed by atoms with van der Waals surface area (Å²) in [7, 11) is 3.98. The summed E-state index contributed by atoms with van der Waals surface area (Å²) in [5.41, 5.74) is 2.24. The van der Waals surface area contributed by atoms with Crippen molar-refractivity contribution in [2.24, 2.45) is 7.05 Å². The van der Waals surface area contributed by atoms with Crippen molar-refractivity contribution in [3.05, 3.63) is 46.2 Å². The van der Waals surface area contributed by atoms with Crippen molar-refractivity contribution in [3.63, 3.8) is 0 Å². The Labute approximate surface area is 134 Å². The van der Waals surface area contributed by atoms with Crippen LogP contribution in [0.15, 0.2) is 34.8 Å². The molecule has 21 heavy (non-hydrogen) atoms. The van der Waals surface area contributed by atoms with Crippen molar-refractivity contribution >= 4 is 15.9 Å². The molecule has 2 aromatic rings. The second kappa shape index (κ2) is 7.61. The average Bonchev–Trinajstić information content (AvgIpc) is 2.73. The van der Waals surface area contributed by atoms with E-state index in [4.69, 9.17) is 4.74 Å². The Morgan fingerprint density at radius 1 is 1.33 bits per heavy atom. The molecule has 0 aliphatic heterocycles. The molecule has 5 heteroatoms. The summed E-state index contributed by atoms with van der Waals surface area (Å²) >= 11 is 3.62. The van der Waals surface area contributed by atoms with Crippen molar-refractivity contribution in [2.45, 2.75) is 25.8 Å². The van der Waals surface area contributed by atoms with Gasteiger partial charge in [0.05, 0.1) is 22.5 Å². The number of aryl methyl sites for hydroxylation is 2. The van der Waals surface area contributed by atoms with Gasteiger partial charge < -0.3 is 10.1 Å². The fraction of sp³-hybridized carbons (Fsp3) is 0.438. The number of likely N-dealkylation sites (N-methyl/N-ethyl adjacent to an activating group) is 1. The molecule has 0 radical (unpaired) electrons. The molecule has 2 rings (SSSR count). The summed E-state index contributed by atoms with van der Waals surface area (Å²) in [4.78, 5) is 0. The van der Waals surface area contributed by atoms with Crippen LogP contribution < -0.4 is 10.1 Å². The van der Waals surface area contributed by atoms with Crippen LogP contribution in [0.5, 0.6) is 5.75 Å². The zero-order valence-corrected chi connectivity index (χ0v) is 14.4. The first-order chi connectivity index (χ1) is 10.1. The zero-order valence-electron chi connectivity index (χ0n) is 12.8. The van der Waals surface area contributed by atoms with Gasteiger partial charge in [0.15, 0.2) is 0 Å². The molecular weight excluding hydrogens is 330 g/mol. The molecule has 0 amide bonds. The Bertz CT molecular complexity index is 568. The van der Waals surface area contributed by atoms with Gasteiger partial charge >= 0.3 is 0 Å². The standard InChI is InChI=1S/C16H22BrN3O/c1-12-16(17)15(20(3)19-12)11-13(18-2)9-10-21-14-7-5-4-6-8-14/h4-8,13,18H,9-11H2,1-3H3. The van der Waals surface area contributed by atoms with E-state index in [1.165, 1.54) is 5.69 Å². The molecule has 0 aliphatic carbocycles. The van der Waals surface area contributed by atoms with Gasteiger partial charge in [-0.15, -0.1) is 0 Å². The van der Waals surface area contributed by atoms with E-state index in [2.05, 4.69) is 26.3 Å². The van der Waals surface area contributed by atoms with Crippen molar-refractivity contribution in [1.29, 1.82) is 0 Å². The number of nitrogens with zero attached hydrogens (tertiary/aromatic N) is 2. The largest absolute Gasteiger partial charge is 0.494 e. The van der Waals surface area contributed by atoms with Crippen molar-refractivity contribution < 1.29 is 4.74 Å². The Balaban J connectivity index is 1.88. The fourth-order valence-corrected chi connectivity index (χ4v) is 2.82. The van der Waals surface area contributed by atoms with E-state index in [9.17, 15) is 0 Å². The van der Waals surface area contributed by atoms with Crippen LogP contribution in [0, 0.1) is 6.92 Å². The smallest absolute Gasteiger partial charge is 0.119 e. The molecule has 1 atom stereocenters. The highest BCUT2D eigenvalue weighted by Crippen LogP contribution is 2.22. The van der Waals surface area contributed by atoms with Crippen LogP contribution in [0.4, 0.5) is 0 Å². The Kier molecular flexibility index (Phi) is 5.82. The highest BCUT2D eigenvalue weighted by atomic mass is 79.9. The van der Waals surface area contributed by atoms with Gasteiger partial charge in [-0.3, -0.25) is 4.68 Å². The van der Waals surface area contributed by atoms with Crippen LogP contribution in [0.25, 0.3) is 0 Å². The van der Waals surface area contributed by atoms with Gasteiger partial charge in [-0.25, -0.2) is 0 Å². The number of hydrogen-bond acceptors (Lipinski definition) is 3. The van der Waals surface area contributed by atoms with E-state index >= 15 is 0 Å². The minimum absolute atomic E-state index is 0.361. The van der Waals surface area contributed by atoms with E-state index in [-0.39, 0.29) is 0 Å². The maximum atomic E-state index is 5.77. The first kappa shape index (κ1) is 16.0. The topological polar surface area (TPSA) is 39.1 Å². The quantitative estimate of drug-likeness (QED) is 0.832. The predicted molar refractivity (Wildman–Crippen MR) is 88.8 cm³/mol. The Morgan fingerprint density at radius 2 is 2.05 bits per heavy atom. The molecule has 0 saturated heterocycles. The molecule has 1 aromatic heterocycles. The number of rotatable bonds is 7. The van der Waals surface area contributed by atoms with Crippen LogP contribution in [0.3, 0.4) is 0 Å². The maximum absolute atomic E-state index is 5.77. The lowest BCUT2D eigenvalue weighted by atomic mass is 10.1. The summed E-state index contributed by atoms with van der Waals surface area (Å²) < 4.78 is 8.82. The summed E-state index contributed by atoms with van der Waals surface area (Å²) in [6.45, 7) is 2.71. The van der Waals surface area contributed by atoms with E-state index in [0.717, 1.165) is 28.8 Å². The molecule has 114 valence electrons. The van der Waals surface area contributed by atoms with E-state index in [1.54, 1.807) is 0 Å². The Hall–Kier alpha value is -1.33. The van der Waals surface area contributed by atoms with Crippen LogP contribution in [-0.2, 0) is 13.5 Å². The summed E-state index contributed by atoms with van der Waals surface area (Å²) in [5.74, 6) is 0.921. The van der Waals surface area contributed by atoms with Gasteiger partial charge in [-0.1, -0.05) is 18.2 Å². The summed E-state index contributed by atoms with van der Waals surface area (Å²) in [6.07, 6.45) is 1.87. The zero-order chi connectivity index (χ0) is 15.2. The lowest BCUT2D eigenvalue weighted by Crippen LogP contribution is -2.30. The van der Waals surface area contributed by atoms with Crippen molar-refractivity contribution in [3.8, 4) is 5.75 Å². The molecule has 1 unspecified atom stereocenters. The summed E-state index contributed by atoms with van der Waals surface area (Å²) in [6, 6.07) is 10.3. The van der Waals surface area contributed by atoms with Crippen LogP contribution >= 0.6 is 15.9 Å². The number of aromatic nitrogens is 2. The average molecular weight is 352 g/mol. The molecule has 0 bridgehead atoms. The minimum Gasteiger partial charge on any atom is -0.494 e. The highest BCUT2D eigenvalue weighted by Gasteiger charge is 2.15. The molecule has 1 aromatic carbocycles. The predicted octanol–water partition coefficient (Wildman–Crippen LogP) is 3.09. The number of hydrogen-bond donors (Lipinski definition) is 1. The third-order valence-electron chi connectivity index (χ3n) is 3.59. The van der Waals surface area contributed by atoms with Gasteiger partial charge in [-0.05, 0) is 48.5 Å². The second-order valence-corrected chi connectivity index (χ2v) is 5.90. The lowest BCUT2D eigenvalue weighted by molar-refractivity contribution is 0.287. The number of para-hydroxylation sites is 1. The fourth-order valence-electron chi connectivity index (χ4n) is 2.32. The number of nitrogens with one attached hydrogen (secondary N) is 1. The van der Waals surface area contributed by atoms with Gasteiger partial charge in [0.1, 0.15) is 5.75 Å². The van der Waals surface area contributed by atoms with Crippen LogP contribution in [0.2, 0.25) is 0 Å². The third-order valence-corrected chi connectivity index (χ3v) is 4.62. The monoisotopic (exact) mass is 351 g/mol. The van der Waals surface area contributed by atoms with E-state index in [0.29, 0.717) is 12.6 Å². The van der Waals surface area contributed by atoms with Gasteiger partial charge in [0, 0.05) is 19.5 Å². The van der Waals surface area contributed by atoms with E-state index in [1.807, 2.05) is 56.0 Å². The number of ether oxygens (including phenoxy) is 1. The number of benzene rings is 1. The molecule has 0 aliphatic rings. The first-order valence-electron chi connectivity index (χ1n) is 7.15. The Morgan fingerprint density at radius 3 is 2.62 bits per heavy atom. The van der Waals surface area contributed by atoms with E-state index < -0.39 is 0 Å². The van der Waals surface area contributed by atoms with Crippen LogP contribution in [0.1, 0.15) is 17.8 Å². The molecule has 1 N–H and O–H groups in total. The highest BCUT2D eigenvalue weighted by molar-refractivity contribution is 9.10. The molecule has 4 nitrogen and oxygen atoms in total. The molecule has 0 spiro atoms. The third kappa shape index (κ3) is 4.32. The van der Waals surface area contributed by atoms with Crippen molar-refractivity contribution in [2.75, 3.05) is 13.7 Å². The van der Waals surface area contributed by atoms with Crippen LogP contribution in [-0.4, -0.2) is 29.5 Å². The van der Waals surface area contributed by atoms with Gasteiger partial charge in [0.2, 0.25) is 0 Å². The second-order valence-electron chi connectivity index (χ2n) is 5.11. The normalized spacial score (nSPS) is 12.4. The van der Waals surface area contributed by atoms with Gasteiger partial charge in [-0.2, -0.15) is 5.10 Å². The minimum atomic E-state index is 0.361. The SMILES string of the molecule is CNC(CCOc1ccccc1)Cc1c(Br)c(C)nn1C. The van der Waals surface area contributed by atoms with Crippen molar-refractivity contribution in [1.82, 2.24) is 15.1 Å². The lowest BCUT2D eigenvalue weighted by Gasteiger charge is -2.17. The molecule has 1 heterocycles. The molecule has 0 fully saturated rings. The molecule has 0 saturated carbocycles. The maximum Gasteiger partial charge on any atom is 0.119 e. The number of halogens is 1. The van der Waals surface area contributed by atoms with Gasteiger partial charge in [0.25, 0.3) is 0 Å². The molecular formula is C16H22BrN3O. The summed E-state index contributed by atoms with van der Waals surface area (Å²) in [5, 5.41) is 7.80. The first-order valence-corrected chi connectivity index (χ1v) is 7.94.